The van der Waals surface area contributed by atoms with Gasteiger partial charge in [0.25, 0.3) is 0 Å². The van der Waals surface area contributed by atoms with Crippen molar-refractivity contribution in [3.8, 4) is 0 Å². The molecule has 2 aromatic rings. The van der Waals surface area contributed by atoms with Crippen LogP contribution in [-0.4, -0.2) is 36.8 Å². The second-order valence-corrected chi connectivity index (χ2v) is 11.0. The summed E-state index contributed by atoms with van der Waals surface area (Å²) in [5, 5.41) is 9.66. The Morgan fingerprint density at radius 1 is 0.944 bits per heavy atom. The molecule has 0 bridgehead atoms. The summed E-state index contributed by atoms with van der Waals surface area (Å²) in [4.78, 5) is 14.8. The van der Waals surface area contributed by atoms with Gasteiger partial charge in [-0.15, -0.1) is 0 Å². The van der Waals surface area contributed by atoms with Crippen LogP contribution in [0.4, 0.5) is 35.1 Å². The molecule has 0 spiro atoms. The number of carboxylic acids is 1. The normalized spacial score (nSPS) is 24.8. The van der Waals surface area contributed by atoms with Crippen LogP contribution in [0.5, 0.6) is 0 Å². The van der Waals surface area contributed by atoms with E-state index < -0.39 is 72.5 Å². The summed E-state index contributed by atoms with van der Waals surface area (Å²) >= 11 is 0. The van der Waals surface area contributed by atoms with Crippen LogP contribution in [0.3, 0.4) is 0 Å². The maximum absolute atomic E-state index is 14.6. The van der Waals surface area contributed by atoms with Crippen molar-refractivity contribution >= 4 is 15.8 Å². The SMILES string of the molecule is O=C(O)C1CCC2(S(=O)(=O)c3ccc(F)cc3)c3ccc(C(F)(C(F)(F)F)C(F)(F)F)nc3CCC12. The number of fused-ring (bicyclic) bond motifs is 3. The number of hydrogen-bond donors (Lipinski definition) is 1. The van der Waals surface area contributed by atoms with Gasteiger partial charge in [0, 0.05) is 5.69 Å². The highest BCUT2D eigenvalue weighted by Crippen LogP contribution is 2.60. The monoisotopic (exact) mass is 543 g/mol. The number of aromatic nitrogens is 1. The number of alkyl halides is 7. The lowest BCUT2D eigenvalue weighted by molar-refractivity contribution is -0.350. The lowest BCUT2D eigenvalue weighted by Crippen LogP contribution is -2.51. The molecule has 3 atom stereocenters. The maximum Gasteiger partial charge on any atom is 0.437 e. The van der Waals surface area contributed by atoms with E-state index in [2.05, 4.69) is 4.98 Å². The molecule has 2 aliphatic rings. The maximum atomic E-state index is 14.6. The quantitative estimate of drug-likeness (QED) is 0.422. The lowest BCUT2D eigenvalue weighted by atomic mass is 9.75. The molecule has 1 aromatic carbocycles. The first-order chi connectivity index (χ1) is 16.5. The van der Waals surface area contributed by atoms with E-state index in [1.54, 1.807) is 0 Å². The van der Waals surface area contributed by atoms with E-state index in [1.807, 2.05) is 0 Å². The van der Waals surface area contributed by atoms with Crippen LogP contribution in [0.2, 0.25) is 0 Å². The molecule has 1 heterocycles. The molecule has 0 radical (unpaired) electrons. The Morgan fingerprint density at radius 2 is 1.53 bits per heavy atom. The van der Waals surface area contributed by atoms with Gasteiger partial charge in [-0.2, -0.15) is 26.3 Å². The number of carboxylic acid groups (broad SMARTS) is 1. The molecule has 1 aromatic heterocycles. The fourth-order valence-corrected chi connectivity index (χ4v) is 7.92. The fraction of sp³-hybridized carbons (Fsp3) is 0.455. The summed E-state index contributed by atoms with van der Waals surface area (Å²) in [6, 6.07) is 4.34. The second kappa shape index (κ2) is 8.12. The highest BCUT2D eigenvalue weighted by atomic mass is 32.2. The Hall–Kier alpha value is -2.77. The zero-order chi connectivity index (χ0) is 26.9. The number of sulfone groups is 1. The van der Waals surface area contributed by atoms with E-state index in [4.69, 9.17) is 0 Å². The molecular formula is C22H17F8NO4S. The van der Waals surface area contributed by atoms with E-state index in [-0.39, 0.29) is 37.3 Å². The first-order valence-corrected chi connectivity index (χ1v) is 12.0. The van der Waals surface area contributed by atoms with Crippen molar-refractivity contribution in [1.29, 1.82) is 0 Å². The van der Waals surface area contributed by atoms with Crippen LogP contribution < -0.4 is 0 Å². The van der Waals surface area contributed by atoms with Gasteiger partial charge >= 0.3 is 24.0 Å². The Morgan fingerprint density at radius 3 is 2.06 bits per heavy atom. The Bertz CT molecular complexity index is 1290. The number of aryl methyl sites for hydroxylation is 1. The van der Waals surface area contributed by atoms with Gasteiger partial charge < -0.3 is 5.11 Å². The molecule has 36 heavy (non-hydrogen) atoms. The molecule has 4 rings (SSSR count). The van der Waals surface area contributed by atoms with Gasteiger partial charge in [0.1, 0.15) is 10.6 Å². The van der Waals surface area contributed by atoms with Gasteiger partial charge in [0.15, 0.2) is 9.84 Å². The zero-order valence-electron chi connectivity index (χ0n) is 18.0. The van der Waals surface area contributed by atoms with Crippen LogP contribution in [0.15, 0.2) is 41.3 Å². The average Bonchev–Trinajstić information content (AvgIpc) is 3.19. The van der Waals surface area contributed by atoms with Crippen LogP contribution in [0, 0.1) is 17.7 Å². The largest absolute Gasteiger partial charge is 0.481 e. The van der Waals surface area contributed by atoms with Crippen LogP contribution >= 0.6 is 0 Å². The molecule has 14 heteroatoms. The molecule has 0 aliphatic heterocycles. The number of carbonyl (C=O) groups is 1. The molecule has 196 valence electrons. The minimum atomic E-state index is -6.41. The molecule has 5 nitrogen and oxygen atoms in total. The van der Waals surface area contributed by atoms with E-state index >= 15 is 0 Å². The second-order valence-electron chi connectivity index (χ2n) is 8.82. The number of rotatable bonds is 4. The molecule has 0 amide bonds. The van der Waals surface area contributed by atoms with Crippen molar-refractivity contribution in [2.45, 2.75) is 53.3 Å². The van der Waals surface area contributed by atoms with Gasteiger partial charge in [-0.25, -0.2) is 17.2 Å². The summed E-state index contributed by atoms with van der Waals surface area (Å²) in [6.07, 6.45) is -13.9. The van der Waals surface area contributed by atoms with E-state index in [1.165, 1.54) is 0 Å². The van der Waals surface area contributed by atoms with Gasteiger partial charge in [-0.05, 0) is 67.5 Å². The minimum Gasteiger partial charge on any atom is -0.481 e. The Balaban J connectivity index is 1.97. The van der Waals surface area contributed by atoms with Crippen molar-refractivity contribution in [3.05, 3.63) is 59.2 Å². The van der Waals surface area contributed by atoms with E-state index in [9.17, 15) is 53.4 Å². The number of hydrogen-bond acceptors (Lipinski definition) is 4. The summed E-state index contributed by atoms with van der Waals surface area (Å²) in [5.41, 5.74) is -8.60. The zero-order valence-corrected chi connectivity index (χ0v) is 18.8. The van der Waals surface area contributed by atoms with Gasteiger partial charge in [0.2, 0.25) is 0 Å². The van der Waals surface area contributed by atoms with Crippen molar-refractivity contribution < 1.29 is 53.4 Å². The molecule has 0 saturated heterocycles. The lowest BCUT2D eigenvalue weighted by Gasteiger charge is -2.41. The Kier molecular flexibility index (Phi) is 5.93. The third-order valence-electron chi connectivity index (χ3n) is 7.09. The summed E-state index contributed by atoms with van der Waals surface area (Å²) in [6.45, 7) is 0. The van der Waals surface area contributed by atoms with Gasteiger partial charge in [-0.1, -0.05) is 6.07 Å². The number of pyridine rings is 1. The van der Waals surface area contributed by atoms with Crippen molar-refractivity contribution in [1.82, 2.24) is 4.98 Å². The number of halogens is 8. The Labute approximate surface area is 199 Å². The standard InChI is InChI=1S/C22H17F8NO4S/c23-11-1-3-12(4-2-11)36(34,35)19-10-9-13(18(32)33)14(19)5-7-16-15(19)6-8-17(31-16)20(24,21(25,26)27)22(28,29)30/h1-4,6,8,13-14H,5,7,9-10H2,(H,32,33). The minimum absolute atomic E-state index is 0.137. The molecule has 1 N–H and O–H groups in total. The third-order valence-corrected chi connectivity index (χ3v) is 9.67. The summed E-state index contributed by atoms with van der Waals surface area (Å²) in [7, 11) is -4.57. The first kappa shape index (κ1) is 26.3. The number of benzene rings is 1. The predicted octanol–water partition coefficient (Wildman–Crippen LogP) is 5.24. The first-order valence-electron chi connectivity index (χ1n) is 10.5. The highest BCUT2D eigenvalue weighted by Gasteiger charge is 2.75. The topological polar surface area (TPSA) is 84.3 Å². The third kappa shape index (κ3) is 3.51. The summed E-state index contributed by atoms with van der Waals surface area (Å²) < 4.78 is 133. The predicted molar refractivity (Wildman–Crippen MR) is 107 cm³/mol. The van der Waals surface area contributed by atoms with Crippen molar-refractivity contribution in [2.24, 2.45) is 11.8 Å². The van der Waals surface area contributed by atoms with Crippen LogP contribution in [0.1, 0.15) is 36.2 Å². The molecule has 1 saturated carbocycles. The summed E-state index contributed by atoms with van der Waals surface area (Å²) in [5.74, 6) is -4.38. The average molecular weight is 543 g/mol. The smallest absolute Gasteiger partial charge is 0.437 e. The van der Waals surface area contributed by atoms with Crippen molar-refractivity contribution in [2.75, 3.05) is 0 Å². The van der Waals surface area contributed by atoms with E-state index in [0.29, 0.717) is 6.07 Å². The van der Waals surface area contributed by atoms with Gasteiger partial charge in [-0.3, -0.25) is 9.78 Å². The van der Waals surface area contributed by atoms with Crippen molar-refractivity contribution in [3.63, 3.8) is 0 Å². The molecule has 3 unspecified atom stereocenters. The number of nitrogens with zero attached hydrogens (tertiary/aromatic N) is 1. The van der Waals surface area contributed by atoms with Gasteiger partial charge in [0.05, 0.1) is 16.5 Å². The molecular weight excluding hydrogens is 526 g/mol. The van der Waals surface area contributed by atoms with E-state index in [0.717, 1.165) is 24.3 Å². The fourth-order valence-electron chi connectivity index (χ4n) is 5.46. The van der Waals surface area contributed by atoms with Crippen LogP contribution in [-0.2, 0) is 31.5 Å². The highest BCUT2D eigenvalue weighted by molar-refractivity contribution is 7.92. The number of aliphatic carboxylic acids is 1. The van der Waals surface area contributed by atoms with Crippen LogP contribution in [0.25, 0.3) is 0 Å². The molecule has 1 fully saturated rings. The molecule has 2 aliphatic carbocycles.